The van der Waals surface area contributed by atoms with Crippen LogP contribution in [0.2, 0.25) is 0 Å². The van der Waals surface area contributed by atoms with Crippen LogP contribution >= 0.6 is 0 Å². The van der Waals surface area contributed by atoms with E-state index in [0.717, 1.165) is 16.7 Å². The molecule has 2 aliphatic rings. The number of benzene rings is 3. The third kappa shape index (κ3) is 11.6. The summed E-state index contributed by atoms with van der Waals surface area (Å²) in [7, 11) is 2.52. The van der Waals surface area contributed by atoms with Crippen LogP contribution < -0.4 is 0 Å². The molecule has 0 aliphatic carbocycles. The molecule has 0 radical (unpaired) electrons. The minimum atomic E-state index is -1.55. The van der Waals surface area contributed by atoms with Crippen molar-refractivity contribution >= 4 is 23.9 Å². The summed E-state index contributed by atoms with van der Waals surface area (Å²) in [6.45, 7) is 3.38. The molecule has 2 aliphatic heterocycles. The zero-order chi connectivity index (χ0) is 40.0. The molecule has 56 heavy (non-hydrogen) atoms. The Hall–Kier alpha value is -4.74. The highest BCUT2D eigenvalue weighted by atomic mass is 16.8. The lowest BCUT2D eigenvalue weighted by Crippen LogP contribution is -2.67. The van der Waals surface area contributed by atoms with Crippen molar-refractivity contribution in [1.82, 2.24) is 0 Å². The molecule has 3 aromatic rings. The van der Waals surface area contributed by atoms with Gasteiger partial charge in [0.2, 0.25) is 0 Å². The Morgan fingerprint density at radius 1 is 0.536 bits per heavy atom. The van der Waals surface area contributed by atoms with Gasteiger partial charge in [-0.05, 0) is 16.7 Å². The molecule has 0 aromatic heterocycles. The van der Waals surface area contributed by atoms with Gasteiger partial charge in [-0.15, -0.1) is 0 Å². The number of ether oxygens (including phenoxy) is 11. The lowest BCUT2D eigenvalue weighted by Gasteiger charge is -2.49. The first kappa shape index (κ1) is 42.4. The number of carbonyl (C=O) groups is 4. The van der Waals surface area contributed by atoms with Gasteiger partial charge in [-0.25, -0.2) is 4.79 Å². The number of carbonyl (C=O) groups excluding carboxylic acids is 4. The highest BCUT2D eigenvalue weighted by molar-refractivity contribution is 5.76. The Labute approximate surface area is 325 Å². The van der Waals surface area contributed by atoms with Gasteiger partial charge in [-0.2, -0.15) is 0 Å². The zero-order valence-corrected chi connectivity index (χ0v) is 31.9. The quantitative estimate of drug-likeness (QED) is 0.143. The molecule has 0 bridgehead atoms. The van der Waals surface area contributed by atoms with Crippen LogP contribution in [-0.4, -0.2) is 106 Å². The number of esters is 4. The monoisotopic (exact) mass is 780 g/mol. The van der Waals surface area contributed by atoms with E-state index in [4.69, 9.17) is 52.1 Å². The van der Waals surface area contributed by atoms with Crippen molar-refractivity contribution in [3.63, 3.8) is 0 Å². The van der Waals surface area contributed by atoms with E-state index < -0.39 is 85.3 Å². The second kappa shape index (κ2) is 21.0. The van der Waals surface area contributed by atoms with Crippen molar-refractivity contribution in [1.29, 1.82) is 0 Å². The Kier molecular flexibility index (Phi) is 15.9. The number of rotatable bonds is 17. The molecule has 0 saturated carbocycles. The molecule has 302 valence electrons. The molecule has 2 fully saturated rings. The van der Waals surface area contributed by atoms with Gasteiger partial charge in [0.05, 0.1) is 26.9 Å². The zero-order valence-electron chi connectivity index (χ0n) is 31.9. The Balaban J connectivity index is 1.58. The molecule has 15 nitrogen and oxygen atoms in total. The van der Waals surface area contributed by atoms with E-state index in [0.29, 0.717) is 0 Å². The maximum absolute atomic E-state index is 13.5. The van der Waals surface area contributed by atoms with Crippen LogP contribution in [0, 0.1) is 0 Å². The van der Waals surface area contributed by atoms with Crippen molar-refractivity contribution in [2.45, 2.75) is 102 Å². The van der Waals surface area contributed by atoms with E-state index in [1.165, 1.54) is 35.0 Å². The standard InChI is InChI=1S/C41H48O15/c1-25(42)48-24-31-32(52-26(2)43)33(49-21-28-15-9-6-10-16-28)37(50-22-29-17-11-7-12-18-29)41(54-31)55-34-35(53-27(3)44)38(51-23-30-19-13-8-14-20-30)40(47-5)56-36(34)39(45)46-4/h6-20,31-38,40-41H,21-24H2,1-5H3/t31-,32-,33+,34+,35+,36+,37-,38-,40+,41-/m1/s1. The normalized spacial score (nSPS) is 27.4. The summed E-state index contributed by atoms with van der Waals surface area (Å²) in [6.07, 6.45) is -12.9. The lowest BCUT2D eigenvalue weighted by molar-refractivity contribution is -0.364. The van der Waals surface area contributed by atoms with E-state index in [2.05, 4.69) is 0 Å². The van der Waals surface area contributed by atoms with Crippen molar-refractivity contribution < 1.29 is 71.3 Å². The van der Waals surface area contributed by atoms with Gasteiger partial charge in [-0.1, -0.05) is 91.0 Å². The maximum Gasteiger partial charge on any atom is 0.338 e. The summed E-state index contributed by atoms with van der Waals surface area (Å²) in [6, 6.07) is 27.8. The molecule has 0 unspecified atom stereocenters. The topological polar surface area (TPSA) is 170 Å². The van der Waals surface area contributed by atoms with Gasteiger partial charge in [0.1, 0.15) is 37.1 Å². The van der Waals surface area contributed by atoms with Crippen molar-refractivity contribution in [3.8, 4) is 0 Å². The fourth-order valence-electron chi connectivity index (χ4n) is 6.43. The largest absolute Gasteiger partial charge is 0.467 e. The molecular formula is C41H48O15. The summed E-state index contributed by atoms with van der Waals surface area (Å²) in [4.78, 5) is 50.9. The number of methoxy groups -OCH3 is 2. The number of hydrogen-bond donors (Lipinski definition) is 0. The second-order valence-electron chi connectivity index (χ2n) is 13.1. The predicted molar refractivity (Wildman–Crippen MR) is 194 cm³/mol. The summed E-state index contributed by atoms with van der Waals surface area (Å²) in [5.74, 6) is -2.88. The summed E-state index contributed by atoms with van der Waals surface area (Å²) in [5, 5.41) is 0. The molecule has 0 N–H and O–H groups in total. The maximum atomic E-state index is 13.5. The minimum absolute atomic E-state index is 0.0187. The highest BCUT2D eigenvalue weighted by Gasteiger charge is 2.57. The van der Waals surface area contributed by atoms with Crippen LogP contribution in [0.25, 0.3) is 0 Å². The second-order valence-corrected chi connectivity index (χ2v) is 13.1. The SMILES string of the molecule is COC(=O)[C@H]1O[C@H](OC)[C@H](OCc2ccccc2)[C@@H](OC(C)=O)[C@@H]1O[C@H]1O[C@H](COC(C)=O)[C@@H](OC(C)=O)[C@H](OCc2ccccc2)[C@H]1OCc1ccccc1. The number of hydrogen-bond acceptors (Lipinski definition) is 15. The molecule has 0 spiro atoms. The van der Waals surface area contributed by atoms with Gasteiger partial charge in [0.15, 0.2) is 30.9 Å². The predicted octanol–water partition coefficient (Wildman–Crippen LogP) is 3.82. The summed E-state index contributed by atoms with van der Waals surface area (Å²) >= 11 is 0. The van der Waals surface area contributed by atoms with E-state index in [-0.39, 0.29) is 26.4 Å². The first-order valence-electron chi connectivity index (χ1n) is 18.1. The van der Waals surface area contributed by atoms with Crippen molar-refractivity contribution in [3.05, 3.63) is 108 Å². The molecule has 2 saturated heterocycles. The fraction of sp³-hybridized carbons (Fsp3) is 0.463. The Morgan fingerprint density at radius 2 is 1.00 bits per heavy atom. The first-order chi connectivity index (χ1) is 27.1. The van der Waals surface area contributed by atoms with E-state index in [1.54, 1.807) is 0 Å². The van der Waals surface area contributed by atoms with Crippen LogP contribution in [0.5, 0.6) is 0 Å². The average Bonchev–Trinajstić information content (AvgIpc) is 3.19. The summed E-state index contributed by atoms with van der Waals surface area (Å²) < 4.78 is 66.4. The van der Waals surface area contributed by atoms with Crippen LogP contribution in [0.4, 0.5) is 0 Å². The molecule has 0 amide bonds. The van der Waals surface area contributed by atoms with Gasteiger partial charge < -0.3 is 52.1 Å². The van der Waals surface area contributed by atoms with E-state index >= 15 is 0 Å². The molecule has 10 atom stereocenters. The molecule has 5 rings (SSSR count). The van der Waals surface area contributed by atoms with Gasteiger partial charge in [0.25, 0.3) is 0 Å². The van der Waals surface area contributed by atoms with Crippen molar-refractivity contribution in [2.75, 3.05) is 20.8 Å². The van der Waals surface area contributed by atoms with Crippen LogP contribution in [0.1, 0.15) is 37.5 Å². The van der Waals surface area contributed by atoms with Crippen LogP contribution in [0.3, 0.4) is 0 Å². The van der Waals surface area contributed by atoms with Crippen LogP contribution in [0.15, 0.2) is 91.0 Å². The third-order valence-corrected chi connectivity index (χ3v) is 8.95. The molecule has 2 heterocycles. The molecule has 15 heteroatoms. The fourth-order valence-corrected chi connectivity index (χ4v) is 6.43. The van der Waals surface area contributed by atoms with Gasteiger partial charge in [-0.3, -0.25) is 14.4 Å². The van der Waals surface area contributed by atoms with Crippen LogP contribution in [-0.2, 0) is 91.1 Å². The van der Waals surface area contributed by atoms with Gasteiger partial charge >= 0.3 is 23.9 Å². The minimum Gasteiger partial charge on any atom is -0.467 e. The molecule has 3 aromatic carbocycles. The van der Waals surface area contributed by atoms with Crippen molar-refractivity contribution in [2.24, 2.45) is 0 Å². The Morgan fingerprint density at radius 3 is 1.45 bits per heavy atom. The van der Waals surface area contributed by atoms with E-state index in [9.17, 15) is 19.2 Å². The molecular weight excluding hydrogens is 732 g/mol. The smallest absolute Gasteiger partial charge is 0.338 e. The van der Waals surface area contributed by atoms with Gasteiger partial charge in [0, 0.05) is 27.9 Å². The lowest BCUT2D eigenvalue weighted by atomic mass is 9.95. The third-order valence-electron chi connectivity index (χ3n) is 8.95. The van der Waals surface area contributed by atoms with E-state index in [1.807, 2.05) is 91.0 Å². The Bertz CT molecular complexity index is 1690. The first-order valence-corrected chi connectivity index (χ1v) is 18.1. The summed E-state index contributed by atoms with van der Waals surface area (Å²) in [5.41, 5.74) is 2.37. The average molecular weight is 781 g/mol. The highest BCUT2D eigenvalue weighted by Crippen LogP contribution is 2.36.